The van der Waals surface area contributed by atoms with E-state index in [4.69, 9.17) is 15.0 Å². The predicted molar refractivity (Wildman–Crippen MR) is 234 cm³/mol. The second-order valence-electron chi connectivity index (χ2n) is 18.4. The van der Waals surface area contributed by atoms with E-state index in [1.54, 1.807) is 11.6 Å². The van der Waals surface area contributed by atoms with Gasteiger partial charge in [0.25, 0.3) is 5.91 Å². The highest BCUT2D eigenvalue weighted by Crippen LogP contribution is 2.57. The first-order valence-electron chi connectivity index (χ1n) is 22.3. The molecule has 3 saturated carbocycles. The average Bonchev–Trinajstić information content (AvgIpc) is 3.87. The summed E-state index contributed by atoms with van der Waals surface area (Å²) >= 11 is 0. The van der Waals surface area contributed by atoms with Crippen LogP contribution in [0.4, 0.5) is 18.9 Å². The number of nitrogens with one attached hydrogen (secondary N) is 2. The van der Waals surface area contributed by atoms with Crippen LogP contribution >= 0.6 is 0 Å². The van der Waals surface area contributed by atoms with Crippen molar-refractivity contribution in [3.63, 3.8) is 0 Å². The Hall–Kier alpha value is -6.56. The molecule has 2 bridgehead atoms. The van der Waals surface area contributed by atoms with Crippen LogP contribution in [0.25, 0.3) is 28.1 Å². The van der Waals surface area contributed by atoms with Gasteiger partial charge in [0.2, 0.25) is 17.6 Å². The van der Waals surface area contributed by atoms with Gasteiger partial charge in [-0.1, -0.05) is 6.07 Å². The van der Waals surface area contributed by atoms with Crippen molar-refractivity contribution in [2.45, 2.75) is 75.7 Å². The molecule has 5 fully saturated rings. The number of phenols is 1. The lowest BCUT2D eigenvalue weighted by atomic mass is 9.53. The maximum absolute atomic E-state index is 14.3. The largest absolute Gasteiger partial charge is 0.503 e. The number of imidazole rings is 2. The highest BCUT2D eigenvalue weighted by molar-refractivity contribution is 6.00. The van der Waals surface area contributed by atoms with Crippen LogP contribution in [0, 0.1) is 22.9 Å². The van der Waals surface area contributed by atoms with E-state index in [0.29, 0.717) is 23.8 Å². The molecule has 5 aliphatic rings. The molecule has 3 aliphatic carbocycles. The van der Waals surface area contributed by atoms with Gasteiger partial charge in [-0.25, -0.2) is 28.5 Å². The third-order valence-electron chi connectivity index (χ3n) is 14.7. The molecule has 2 aromatic carbocycles. The van der Waals surface area contributed by atoms with Gasteiger partial charge in [0.1, 0.15) is 11.7 Å². The maximum atomic E-state index is 14.3. The molecule has 65 heavy (non-hydrogen) atoms. The summed E-state index contributed by atoms with van der Waals surface area (Å²) in [6, 6.07) is 9.77. The molecule has 3 N–H and O–H groups in total. The summed E-state index contributed by atoms with van der Waals surface area (Å²) in [5.41, 5.74) is 4.90. The number of phenolic OH excluding ortho intramolecular Hbond substituents is 1. The van der Waals surface area contributed by atoms with Gasteiger partial charge in [-0.15, -0.1) is 0 Å². The molecule has 0 spiro atoms. The molecular formula is C47H49F3N10O5. The zero-order valence-electron chi connectivity index (χ0n) is 36.0. The molecule has 6 aromatic rings. The predicted octanol–water partition coefficient (Wildman–Crippen LogP) is 5.32. The van der Waals surface area contributed by atoms with Crippen molar-refractivity contribution in [1.82, 2.24) is 44.0 Å². The monoisotopic (exact) mass is 890 g/mol. The number of hydrogen-bond donors (Lipinski definition) is 3. The van der Waals surface area contributed by atoms with Gasteiger partial charge in [0, 0.05) is 69.6 Å². The zero-order valence-corrected chi connectivity index (χ0v) is 36.0. The minimum atomic E-state index is -1.78. The lowest BCUT2D eigenvalue weighted by molar-refractivity contribution is -0.135. The van der Waals surface area contributed by atoms with E-state index < -0.39 is 46.6 Å². The summed E-state index contributed by atoms with van der Waals surface area (Å²) < 4.78 is 47.2. The van der Waals surface area contributed by atoms with Crippen molar-refractivity contribution in [3.05, 3.63) is 106 Å². The Morgan fingerprint density at radius 2 is 1.66 bits per heavy atom. The number of imide groups is 1. The smallest absolute Gasteiger partial charge is 0.329 e. The average molecular weight is 891 g/mol. The molecule has 2 saturated heterocycles. The van der Waals surface area contributed by atoms with Crippen LogP contribution in [-0.2, 0) is 28.5 Å². The van der Waals surface area contributed by atoms with Crippen LogP contribution in [0.1, 0.15) is 85.4 Å². The Labute approximate surface area is 371 Å². The molecule has 338 valence electrons. The second kappa shape index (κ2) is 16.5. The number of piperazine rings is 1. The number of anilines is 1. The summed E-state index contributed by atoms with van der Waals surface area (Å²) in [7, 11) is 1.71. The molecule has 15 nitrogen and oxygen atoms in total. The second-order valence-corrected chi connectivity index (χ2v) is 18.4. The number of amides is 3. The highest BCUT2D eigenvalue weighted by atomic mass is 19.2. The molecule has 1 atom stereocenters. The van der Waals surface area contributed by atoms with Gasteiger partial charge in [-0.2, -0.15) is 4.39 Å². The number of aryl methyl sites for hydroxylation is 2. The third kappa shape index (κ3) is 7.70. The van der Waals surface area contributed by atoms with Crippen LogP contribution in [0.2, 0.25) is 0 Å². The minimum Gasteiger partial charge on any atom is -0.503 e. The normalized spacial score (nSPS) is 22.5. The third-order valence-corrected chi connectivity index (χ3v) is 14.7. The number of carbonyl (C=O) groups is 3. The van der Waals surface area contributed by atoms with Crippen LogP contribution in [-0.4, -0.2) is 95.5 Å². The molecular weight excluding hydrogens is 842 g/mol. The molecule has 2 aliphatic heterocycles. The number of aromatic hydroxyl groups is 1. The number of benzene rings is 2. The lowest BCUT2D eigenvalue weighted by Gasteiger charge is -2.53. The Morgan fingerprint density at radius 1 is 0.923 bits per heavy atom. The number of aromatic nitrogens is 6. The summed E-state index contributed by atoms with van der Waals surface area (Å²) in [5.74, 6) is -7.24. The fourth-order valence-electron chi connectivity index (χ4n) is 10.6. The number of hydrogen-bond acceptors (Lipinski definition) is 10. The maximum Gasteiger partial charge on any atom is 0.329 e. The van der Waals surface area contributed by atoms with E-state index in [-0.39, 0.29) is 35.4 Å². The van der Waals surface area contributed by atoms with Crippen molar-refractivity contribution < 1.29 is 32.7 Å². The number of halogens is 3. The molecule has 0 radical (unpaired) electrons. The van der Waals surface area contributed by atoms with Crippen LogP contribution in [0.3, 0.4) is 0 Å². The quantitative estimate of drug-likeness (QED) is 0.114. The number of rotatable bonds is 11. The van der Waals surface area contributed by atoms with E-state index in [2.05, 4.69) is 26.6 Å². The highest BCUT2D eigenvalue weighted by Gasteiger charge is 2.50. The summed E-state index contributed by atoms with van der Waals surface area (Å²) in [4.78, 5) is 69.5. The Kier molecular flexibility index (Phi) is 10.7. The van der Waals surface area contributed by atoms with Crippen LogP contribution in [0.5, 0.6) is 5.75 Å². The van der Waals surface area contributed by atoms with E-state index >= 15 is 0 Å². The van der Waals surface area contributed by atoms with Gasteiger partial charge < -0.3 is 19.7 Å². The Balaban J connectivity index is 0.711. The summed E-state index contributed by atoms with van der Waals surface area (Å²) in [5, 5.41) is 14.4. The molecule has 18 heteroatoms. The van der Waals surface area contributed by atoms with Crippen molar-refractivity contribution in [2.24, 2.45) is 12.5 Å². The van der Waals surface area contributed by atoms with E-state index in [1.807, 2.05) is 53.3 Å². The topological polar surface area (TPSA) is 172 Å². The van der Waals surface area contributed by atoms with Crippen molar-refractivity contribution in [1.29, 1.82) is 0 Å². The van der Waals surface area contributed by atoms with Gasteiger partial charge in [-0.05, 0) is 106 Å². The molecule has 6 heterocycles. The first-order valence-corrected chi connectivity index (χ1v) is 22.3. The summed E-state index contributed by atoms with van der Waals surface area (Å²) in [6.45, 7) is 4.73. The van der Waals surface area contributed by atoms with Crippen LogP contribution < -0.4 is 21.2 Å². The fourth-order valence-corrected chi connectivity index (χ4v) is 10.6. The zero-order chi connectivity index (χ0) is 45.2. The standard InChI is InChI=1S/C47H49F3N10O5/c1-56-35-21-28(4-5-33(35)60(45(56)65)34-6-7-38(61)55-44(34)64)3-2-15-57-17-19-58(20-18-57)30-24-51-42(52-25-30)29-8-16-59-26-36(54-37(59)22-29)47-12-9-46(10-13-47,11-14-47)27-53-43(63)31-23-32(48)41(62)40(50)39(31)49/h4-5,8,16,21-26,34,62H,2-3,6-7,9-15,17-20,27H2,1H3,(H,53,63)(H,55,61,64)/t34?,46-,47+. The molecule has 4 aromatic heterocycles. The first kappa shape index (κ1) is 42.4. The van der Waals surface area contributed by atoms with E-state index in [9.17, 15) is 37.5 Å². The van der Waals surface area contributed by atoms with E-state index in [1.165, 1.54) is 4.57 Å². The van der Waals surface area contributed by atoms with Gasteiger partial charge in [0.15, 0.2) is 23.2 Å². The Morgan fingerprint density at radius 3 is 2.38 bits per heavy atom. The molecule has 11 rings (SSSR count). The number of piperidine rings is 1. The fraction of sp³-hybridized carbons (Fsp3) is 0.426. The lowest BCUT2D eigenvalue weighted by Crippen LogP contribution is -2.49. The Bertz CT molecular complexity index is 2910. The van der Waals surface area contributed by atoms with Crippen LogP contribution in [0.15, 0.2) is 66.0 Å². The minimum absolute atomic E-state index is 0.108. The van der Waals surface area contributed by atoms with Crippen molar-refractivity contribution in [3.8, 4) is 17.1 Å². The van der Waals surface area contributed by atoms with E-state index in [0.717, 1.165) is 118 Å². The number of fused-ring (bicyclic) bond motifs is 5. The number of pyridine rings is 1. The summed E-state index contributed by atoms with van der Waals surface area (Å²) in [6.07, 6.45) is 15.2. The van der Waals surface area contributed by atoms with Gasteiger partial charge >= 0.3 is 5.69 Å². The SMILES string of the molecule is Cn1c(=O)n(C2CCC(=O)NC2=O)c2ccc(CCCN3CCN(c4cnc(-c5ccn6cc([C@]78CC[C@](CNC(=O)c9cc(F)c(O)c(F)c9F)(CC7)CC8)nc6c5)nc4)CC3)cc21. The van der Waals surface area contributed by atoms with Crippen molar-refractivity contribution in [2.75, 3.05) is 44.2 Å². The molecule has 3 amide bonds. The van der Waals surface area contributed by atoms with Gasteiger partial charge in [0.05, 0.1) is 40.4 Å². The van der Waals surface area contributed by atoms with Crippen molar-refractivity contribution >= 4 is 40.1 Å². The molecule has 1 unspecified atom stereocenters. The number of carbonyl (C=O) groups excluding carboxylic acids is 3. The van der Waals surface area contributed by atoms with Gasteiger partial charge in [-0.3, -0.25) is 33.7 Å². The first-order chi connectivity index (χ1) is 31.3. The number of nitrogens with zero attached hydrogens (tertiary/aromatic N) is 8.